The maximum absolute atomic E-state index is 12.4. The Kier molecular flexibility index (Phi) is 5.92. The first kappa shape index (κ1) is 16.3. The van der Waals surface area contributed by atoms with Crippen molar-refractivity contribution >= 4 is 6.09 Å². The summed E-state index contributed by atoms with van der Waals surface area (Å²) in [5, 5.41) is 3.55. The summed E-state index contributed by atoms with van der Waals surface area (Å²) >= 11 is 0. The molecule has 1 saturated carbocycles. The molecule has 1 N–H and O–H groups in total. The van der Waals surface area contributed by atoms with E-state index in [9.17, 15) is 4.79 Å². The van der Waals surface area contributed by atoms with Crippen LogP contribution in [0.1, 0.15) is 50.5 Å². The Balaban J connectivity index is 1.43. The number of carbonyl (C=O) groups is 1. The topological polar surface area (TPSA) is 41.6 Å². The third-order valence-corrected chi connectivity index (χ3v) is 4.79. The van der Waals surface area contributed by atoms with Gasteiger partial charge in [0, 0.05) is 18.6 Å². The van der Waals surface area contributed by atoms with E-state index in [1.54, 1.807) is 0 Å². The molecule has 23 heavy (non-hydrogen) atoms. The molecule has 1 saturated heterocycles. The summed E-state index contributed by atoms with van der Waals surface area (Å²) in [6, 6.07) is 11.0. The van der Waals surface area contributed by atoms with Crippen LogP contribution >= 0.6 is 0 Å². The third-order valence-electron chi connectivity index (χ3n) is 4.79. The minimum Gasteiger partial charge on any atom is -0.445 e. The van der Waals surface area contributed by atoms with Crippen molar-refractivity contribution in [2.75, 3.05) is 13.1 Å². The van der Waals surface area contributed by atoms with Crippen molar-refractivity contribution in [2.24, 2.45) is 0 Å². The van der Waals surface area contributed by atoms with Crippen LogP contribution < -0.4 is 5.32 Å². The van der Waals surface area contributed by atoms with Gasteiger partial charge in [-0.15, -0.1) is 0 Å². The van der Waals surface area contributed by atoms with E-state index in [4.69, 9.17) is 4.74 Å². The predicted octanol–water partition coefficient (Wildman–Crippen LogP) is 3.71. The summed E-state index contributed by atoms with van der Waals surface area (Å²) < 4.78 is 5.52. The van der Waals surface area contributed by atoms with E-state index < -0.39 is 0 Å². The zero-order chi connectivity index (χ0) is 15.9. The number of piperidine rings is 1. The van der Waals surface area contributed by atoms with Crippen molar-refractivity contribution in [2.45, 2.75) is 63.6 Å². The van der Waals surface area contributed by atoms with E-state index in [0.29, 0.717) is 12.6 Å². The number of carbonyl (C=O) groups excluding carboxylic acids is 1. The van der Waals surface area contributed by atoms with Crippen molar-refractivity contribution in [1.29, 1.82) is 0 Å². The van der Waals surface area contributed by atoms with Crippen LogP contribution in [0.15, 0.2) is 30.3 Å². The fourth-order valence-electron chi connectivity index (χ4n) is 3.27. The second-order valence-electron chi connectivity index (χ2n) is 6.75. The molecule has 1 aromatic rings. The summed E-state index contributed by atoms with van der Waals surface area (Å²) in [6.45, 7) is 2.29. The van der Waals surface area contributed by atoms with Gasteiger partial charge >= 0.3 is 6.09 Å². The lowest BCUT2D eigenvalue weighted by Crippen LogP contribution is -2.44. The van der Waals surface area contributed by atoms with E-state index in [0.717, 1.165) is 50.4 Å². The molecule has 0 aromatic heterocycles. The van der Waals surface area contributed by atoms with Gasteiger partial charge in [0.05, 0.1) is 0 Å². The number of nitrogens with zero attached hydrogens (tertiary/aromatic N) is 1. The van der Waals surface area contributed by atoms with Crippen molar-refractivity contribution in [3.63, 3.8) is 0 Å². The normalized spacial score (nSPS) is 21.2. The van der Waals surface area contributed by atoms with E-state index in [1.165, 1.54) is 19.3 Å². The Morgan fingerprint density at radius 2 is 2.00 bits per heavy atom. The van der Waals surface area contributed by atoms with E-state index in [1.807, 2.05) is 35.2 Å². The van der Waals surface area contributed by atoms with Crippen LogP contribution in [0.3, 0.4) is 0 Å². The molecule has 0 spiro atoms. The second kappa shape index (κ2) is 8.34. The highest BCUT2D eigenvalue weighted by Gasteiger charge is 2.27. The first-order valence-corrected chi connectivity index (χ1v) is 9.03. The van der Waals surface area contributed by atoms with Gasteiger partial charge in [-0.3, -0.25) is 0 Å². The Morgan fingerprint density at radius 3 is 2.78 bits per heavy atom. The molecular formula is C19H28N2O2. The van der Waals surface area contributed by atoms with Gasteiger partial charge in [-0.1, -0.05) is 30.3 Å². The van der Waals surface area contributed by atoms with Crippen molar-refractivity contribution in [3.8, 4) is 0 Å². The number of ether oxygens (including phenoxy) is 1. The van der Waals surface area contributed by atoms with Gasteiger partial charge in [-0.25, -0.2) is 4.79 Å². The molecule has 0 unspecified atom stereocenters. The fraction of sp³-hybridized carbons (Fsp3) is 0.632. The van der Waals surface area contributed by atoms with Gasteiger partial charge in [0.25, 0.3) is 0 Å². The molecule has 1 amide bonds. The SMILES string of the molecule is O=C(OCc1ccccc1)N1CCCC[C@H]1CCCNC1CC1. The van der Waals surface area contributed by atoms with Crippen LogP contribution in [0, 0.1) is 0 Å². The number of hydrogen-bond donors (Lipinski definition) is 1. The number of amides is 1. The van der Waals surface area contributed by atoms with Crippen molar-refractivity contribution < 1.29 is 9.53 Å². The lowest BCUT2D eigenvalue weighted by Gasteiger charge is -2.35. The summed E-state index contributed by atoms with van der Waals surface area (Å²) in [7, 11) is 0. The molecule has 3 rings (SSSR count). The zero-order valence-corrected chi connectivity index (χ0v) is 13.9. The first-order valence-electron chi connectivity index (χ1n) is 9.03. The maximum Gasteiger partial charge on any atom is 0.410 e. The molecule has 2 fully saturated rings. The van der Waals surface area contributed by atoms with Gasteiger partial charge in [0.1, 0.15) is 6.61 Å². The predicted molar refractivity (Wildman–Crippen MR) is 91.2 cm³/mol. The Morgan fingerprint density at radius 1 is 1.17 bits per heavy atom. The Bertz CT molecular complexity index is 487. The van der Waals surface area contributed by atoms with Gasteiger partial charge < -0.3 is 15.0 Å². The summed E-state index contributed by atoms with van der Waals surface area (Å²) in [6.07, 6.45) is 8.19. The number of nitrogens with one attached hydrogen (secondary N) is 1. The van der Waals surface area contributed by atoms with Crippen LogP contribution in [0.5, 0.6) is 0 Å². The lowest BCUT2D eigenvalue weighted by molar-refractivity contribution is 0.0655. The van der Waals surface area contributed by atoms with Crippen LogP contribution in [-0.2, 0) is 11.3 Å². The lowest BCUT2D eigenvalue weighted by atomic mass is 9.98. The van der Waals surface area contributed by atoms with E-state index in [2.05, 4.69) is 5.32 Å². The van der Waals surface area contributed by atoms with Crippen LogP contribution in [-0.4, -0.2) is 36.2 Å². The molecular weight excluding hydrogens is 288 g/mol. The van der Waals surface area contributed by atoms with Crippen LogP contribution in [0.25, 0.3) is 0 Å². The molecule has 1 aliphatic heterocycles. The number of benzene rings is 1. The van der Waals surface area contributed by atoms with Crippen molar-refractivity contribution in [1.82, 2.24) is 10.2 Å². The standard InChI is InChI=1S/C19H28N2O2/c22-19(23-15-16-7-2-1-3-8-16)21-14-5-4-9-18(21)10-6-13-20-17-11-12-17/h1-3,7-8,17-18,20H,4-6,9-15H2/t18-/m0/s1. The third kappa shape index (κ3) is 5.24. The average molecular weight is 316 g/mol. The number of likely N-dealkylation sites (tertiary alicyclic amines) is 1. The minimum atomic E-state index is -0.145. The molecule has 0 bridgehead atoms. The molecule has 1 atom stereocenters. The highest BCUT2D eigenvalue weighted by molar-refractivity contribution is 5.68. The van der Waals surface area contributed by atoms with Crippen LogP contribution in [0.2, 0.25) is 0 Å². The largest absolute Gasteiger partial charge is 0.445 e. The Labute approximate surface area is 139 Å². The quantitative estimate of drug-likeness (QED) is 0.780. The highest BCUT2D eigenvalue weighted by atomic mass is 16.6. The van der Waals surface area contributed by atoms with Gasteiger partial charge in [-0.2, -0.15) is 0 Å². The molecule has 1 aromatic carbocycles. The second-order valence-corrected chi connectivity index (χ2v) is 6.75. The van der Waals surface area contributed by atoms with E-state index in [-0.39, 0.29) is 6.09 Å². The Hall–Kier alpha value is -1.55. The number of rotatable bonds is 7. The van der Waals surface area contributed by atoms with E-state index >= 15 is 0 Å². The smallest absolute Gasteiger partial charge is 0.410 e. The van der Waals surface area contributed by atoms with Gasteiger partial charge in [0.15, 0.2) is 0 Å². The fourth-order valence-corrected chi connectivity index (χ4v) is 3.27. The van der Waals surface area contributed by atoms with Gasteiger partial charge in [-0.05, 0) is 57.1 Å². The molecule has 126 valence electrons. The summed E-state index contributed by atoms with van der Waals surface area (Å²) in [4.78, 5) is 14.4. The molecule has 4 heteroatoms. The monoisotopic (exact) mass is 316 g/mol. The van der Waals surface area contributed by atoms with Crippen molar-refractivity contribution in [3.05, 3.63) is 35.9 Å². The highest BCUT2D eigenvalue weighted by Crippen LogP contribution is 2.23. The first-order chi connectivity index (χ1) is 11.3. The zero-order valence-electron chi connectivity index (χ0n) is 13.9. The average Bonchev–Trinajstić information content (AvgIpc) is 3.42. The van der Waals surface area contributed by atoms with Gasteiger partial charge in [0.2, 0.25) is 0 Å². The number of hydrogen-bond acceptors (Lipinski definition) is 3. The summed E-state index contributed by atoms with van der Waals surface area (Å²) in [5.74, 6) is 0. The summed E-state index contributed by atoms with van der Waals surface area (Å²) in [5.41, 5.74) is 1.04. The molecule has 2 aliphatic rings. The molecule has 0 radical (unpaired) electrons. The maximum atomic E-state index is 12.4. The molecule has 4 nitrogen and oxygen atoms in total. The molecule has 1 aliphatic carbocycles. The minimum absolute atomic E-state index is 0.145. The van der Waals surface area contributed by atoms with Crippen LogP contribution in [0.4, 0.5) is 4.79 Å². The molecule has 1 heterocycles.